The van der Waals surface area contributed by atoms with E-state index in [2.05, 4.69) is 51.4 Å². The predicted octanol–water partition coefficient (Wildman–Crippen LogP) is 3.63. The van der Waals surface area contributed by atoms with E-state index in [9.17, 15) is 9.18 Å². The standard InChI is InChI=1S/C22H22FN5O/c1-16-4-2-7-19(14-16)27-10-12-28(13-11-27)21(29)20-8-9-24-22(26-20)25-18-6-3-5-17(23)15-18/h2-9,14-15H,10-13H2,1H3,(H,24,25,26). The maximum Gasteiger partial charge on any atom is 0.272 e. The molecule has 148 valence electrons. The first-order valence-corrected chi connectivity index (χ1v) is 9.55. The van der Waals surface area contributed by atoms with E-state index in [1.54, 1.807) is 23.1 Å². The normalized spacial score (nSPS) is 14.0. The van der Waals surface area contributed by atoms with Crippen molar-refractivity contribution in [1.29, 1.82) is 0 Å². The highest BCUT2D eigenvalue weighted by Gasteiger charge is 2.23. The van der Waals surface area contributed by atoms with Gasteiger partial charge in [0, 0.05) is 43.8 Å². The Bertz CT molecular complexity index is 1020. The molecule has 29 heavy (non-hydrogen) atoms. The Kier molecular flexibility index (Phi) is 5.37. The minimum Gasteiger partial charge on any atom is -0.368 e. The van der Waals surface area contributed by atoms with Gasteiger partial charge in [-0.2, -0.15) is 0 Å². The van der Waals surface area contributed by atoms with E-state index in [1.807, 2.05) is 0 Å². The number of piperazine rings is 1. The first-order chi connectivity index (χ1) is 14.1. The second-order valence-electron chi connectivity index (χ2n) is 7.02. The minimum atomic E-state index is -0.353. The minimum absolute atomic E-state index is 0.126. The number of hydrogen-bond donors (Lipinski definition) is 1. The molecule has 0 spiro atoms. The molecule has 4 rings (SSSR count). The van der Waals surface area contributed by atoms with Gasteiger partial charge < -0.3 is 15.1 Å². The van der Waals surface area contributed by atoms with Crippen LogP contribution in [-0.2, 0) is 0 Å². The van der Waals surface area contributed by atoms with Gasteiger partial charge in [-0.05, 0) is 48.9 Å². The Hall–Kier alpha value is -3.48. The Morgan fingerprint density at radius 1 is 1.03 bits per heavy atom. The summed E-state index contributed by atoms with van der Waals surface area (Å²) in [5.74, 6) is -0.216. The number of carbonyl (C=O) groups is 1. The van der Waals surface area contributed by atoms with Crippen molar-refractivity contribution in [2.75, 3.05) is 36.4 Å². The molecule has 3 aromatic rings. The quantitative estimate of drug-likeness (QED) is 0.736. The molecule has 0 atom stereocenters. The van der Waals surface area contributed by atoms with Gasteiger partial charge in [0.15, 0.2) is 0 Å². The average molecular weight is 391 g/mol. The van der Waals surface area contributed by atoms with E-state index < -0.39 is 0 Å². The summed E-state index contributed by atoms with van der Waals surface area (Å²) in [5.41, 5.74) is 3.25. The molecule has 1 amide bonds. The molecule has 0 saturated carbocycles. The summed E-state index contributed by atoms with van der Waals surface area (Å²) < 4.78 is 13.4. The maximum atomic E-state index is 13.4. The van der Waals surface area contributed by atoms with Gasteiger partial charge in [-0.15, -0.1) is 0 Å². The molecule has 0 radical (unpaired) electrons. The number of aromatic nitrogens is 2. The topological polar surface area (TPSA) is 61.4 Å². The van der Waals surface area contributed by atoms with Gasteiger partial charge >= 0.3 is 0 Å². The fourth-order valence-corrected chi connectivity index (χ4v) is 3.39. The Balaban J connectivity index is 1.41. The summed E-state index contributed by atoms with van der Waals surface area (Å²) in [6.07, 6.45) is 1.53. The summed E-state index contributed by atoms with van der Waals surface area (Å²) in [6, 6.07) is 16.0. The smallest absolute Gasteiger partial charge is 0.272 e. The lowest BCUT2D eigenvalue weighted by molar-refractivity contribution is 0.0741. The molecule has 2 heterocycles. The molecule has 0 aliphatic carbocycles. The molecule has 6 nitrogen and oxygen atoms in total. The van der Waals surface area contributed by atoms with Crippen LogP contribution in [0.4, 0.5) is 21.7 Å². The molecule has 1 aliphatic heterocycles. The Labute approximate surface area is 169 Å². The van der Waals surface area contributed by atoms with E-state index in [-0.39, 0.29) is 17.7 Å². The molecule has 1 N–H and O–H groups in total. The van der Waals surface area contributed by atoms with Gasteiger partial charge in [0.25, 0.3) is 5.91 Å². The number of halogens is 1. The van der Waals surface area contributed by atoms with Gasteiger partial charge in [-0.1, -0.05) is 18.2 Å². The SMILES string of the molecule is Cc1cccc(N2CCN(C(=O)c3ccnc(Nc4cccc(F)c4)n3)CC2)c1. The molecule has 2 aromatic carbocycles. The zero-order valence-electron chi connectivity index (χ0n) is 16.2. The fraction of sp³-hybridized carbons (Fsp3) is 0.227. The van der Waals surface area contributed by atoms with Crippen molar-refractivity contribution in [3.05, 3.63) is 77.9 Å². The summed E-state index contributed by atoms with van der Waals surface area (Å²) >= 11 is 0. The highest BCUT2D eigenvalue weighted by molar-refractivity contribution is 5.92. The van der Waals surface area contributed by atoms with Crippen LogP contribution in [0, 0.1) is 12.7 Å². The lowest BCUT2D eigenvalue weighted by atomic mass is 10.2. The highest BCUT2D eigenvalue weighted by atomic mass is 19.1. The van der Waals surface area contributed by atoms with Crippen LogP contribution in [0.3, 0.4) is 0 Å². The second kappa shape index (κ2) is 8.26. The Morgan fingerprint density at radius 2 is 1.83 bits per heavy atom. The van der Waals surface area contributed by atoms with Gasteiger partial charge in [-0.3, -0.25) is 4.79 Å². The average Bonchev–Trinajstić information content (AvgIpc) is 2.74. The van der Waals surface area contributed by atoms with E-state index in [0.717, 1.165) is 13.1 Å². The number of anilines is 3. The number of nitrogens with one attached hydrogen (secondary N) is 1. The molecule has 0 bridgehead atoms. The number of hydrogen-bond acceptors (Lipinski definition) is 5. The first kappa shape index (κ1) is 18.9. The van der Waals surface area contributed by atoms with Crippen LogP contribution < -0.4 is 10.2 Å². The van der Waals surface area contributed by atoms with E-state index in [4.69, 9.17) is 0 Å². The monoisotopic (exact) mass is 391 g/mol. The predicted molar refractivity (Wildman–Crippen MR) is 111 cm³/mol. The van der Waals surface area contributed by atoms with Gasteiger partial charge in [-0.25, -0.2) is 14.4 Å². The molecule has 1 fully saturated rings. The third kappa shape index (κ3) is 4.51. The van der Waals surface area contributed by atoms with Crippen LogP contribution in [0.15, 0.2) is 60.8 Å². The number of amides is 1. The molecule has 1 aliphatic rings. The number of aryl methyl sites for hydroxylation is 1. The number of nitrogens with zero attached hydrogens (tertiary/aromatic N) is 4. The Morgan fingerprint density at radius 3 is 2.59 bits per heavy atom. The van der Waals surface area contributed by atoms with Crippen molar-refractivity contribution < 1.29 is 9.18 Å². The van der Waals surface area contributed by atoms with Crippen molar-refractivity contribution in [2.45, 2.75) is 6.92 Å². The summed E-state index contributed by atoms with van der Waals surface area (Å²) in [5, 5.41) is 2.94. The molecule has 1 aromatic heterocycles. The van der Waals surface area contributed by atoms with E-state index >= 15 is 0 Å². The summed E-state index contributed by atoms with van der Waals surface area (Å²) in [7, 11) is 0. The fourth-order valence-electron chi connectivity index (χ4n) is 3.39. The molecule has 7 heteroatoms. The van der Waals surface area contributed by atoms with Crippen LogP contribution in [0.1, 0.15) is 16.1 Å². The molecule has 1 saturated heterocycles. The zero-order valence-corrected chi connectivity index (χ0v) is 16.2. The van der Waals surface area contributed by atoms with Crippen LogP contribution >= 0.6 is 0 Å². The van der Waals surface area contributed by atoms with E-state index in [0.29, 0.717) is 24.5 Å². The van der Waals surface area contributed by atoms with Crippen molar-refractivity contribution in [2.24, 2.45) is 0 Å². The zero-order chi connectivity index (χ0) is 20.2. The largest absolute Gasteiger partial charge is 0.368 e. The van der Waals surface area contributed by atoms with Crippen LogP contribution in [0.5, 0.6) is 0 Å². The van der Waals surface area contributed by atoms with Crippen LogP contribution in [-0.4, -0.2) is 47.0 Å². The van der Waals surface area contributed by atoms with Gasteiger partial charge in [0.2, 0.25) is 5.95 Å². The second-order valence-corrected chi connectivity index (χ2v) is 7.02. The highest BCUT2D eigenvalue weighted by Crippen LogP contribution is 2.19. The number of benzene rings is 2. The summed E-state index contributed by atoms with van der Waals surface area (Å²) in [4.78, 5) is 25.4. The third-order valence-corrected chi connectivity index (χ3v) is 4.89. The number of carbonyl (C=O) groups excluding carboxylic acids is 1. The lowest BCUT2D eigenvalue weighted by Gasteiger charge is -2.36. The number of rotatable bonds is 4. The van der Waals surface area contributed by atoms with E-state index in [1.165, 1.54) is 29.6 Å². The van der Waals surface area contributed by atoms with Gasteiger partial charge in [0.1, 0.15) is 11.5 Å². The summed E-state index contributed by atoms with van der Waals surface area (Å²) in [6.45, 7) is 4.88. The first-order valence-electron chi connectivity index (χ1n) is 9.55. The van der Waals surface area contributed by atoms with Crippen molar-refractivity contribution in [1.82, 2.24) is 14.9 Å². The van der Waals surface area contributed by atoms with Gasteiger partial charge in [0.05, 0.1) is 0 Å². The molecular weight excluding hydrogens is 369 g/mol. The lowest BCUT2D eigenvalue weighted by Crippen LogP contribution is -2.49. The maximum absolute atomic E-state index is 13.4. The molecular formula is C22H22FN5O. The van der Waals surface area contributed by atoms with Crippen LogP contribution in [0.2, 0.25) is 0 Å². The van der Waals surface area contributed by atoms with Crippen molar-refractivity contribution >= 4 is 23.2 Å². The van der Waals surface area contributed by atoms with Crippen molar-refractivity contribution in [3.63, 3.8) is 0 Å². The van der Waals surface area contributed by atoms with Crippen molar-refractivity contribution in [3.8, 4) is 0 Å². The molecule has 0 unspecified atom stereocenters. The third-order valence-electron chi connectivity index (χ3n) is 4.89. The van der Waals surface area contributed by atoms with Crippen LogP contribution in [0.25, 0.3) is 0 Å².